The van der Waals surface area contributed by atoms with Gasteiger partial charge in [-0.2, -0.15) is 23.2 Å². The molecule has 1 atom stereocenters. The number of sulfonamides is 1. The first-order valence-corrected chi connectivity index (χ1v) is 22.4. The smallest absolute Gasteiger partial charge is 0.417 e. The number of nitrogens with one attached hydrogen (secondary N) is 2. The predicted molar refractivity (Wildman–Crippen MR) is 219 cm³/mol. The SMILES string of the molecule is CC(=O)Oc1ccc(C(=O)NCCOc2cc3cc(S(=O)(=O)NCP(=O)(O)Oc4ccc(C#N)c(C(F)(F)F)c4)sc3cc2OCCCC(=O)c2ccc(C)c(C)c2)cc1C. The van der Waals surface area contributed by atoms with E-state index in [1.54, 1.807) is 19.1 Å². The summed E-state index contributed by atoms with van der Waals surface area (Å²) in [6.07, 6.45) is -5.68. The monoisotopic (exact) mass is 901 g/mol. The summed E-state index contributed by atoms with van der Waals surface area (Å²) in [6.45, 7) is 6.85. The highest BCUT2D eigenvalue weighted by atomic mass is 32.2. The number of carbonyl (C=O) groups is 3. The van der Waals surface area contributed by atoms with Crippen LogP contribution in [0.25, 0.3) is 10.1 Å². The molecule has 0 aliphatic carbocycles. The summed E-state index contributed by atoms with van der Waals surface area (Å²) in [5, 5.41) is 12.1. The Morgan fingerprint density at radius 2 is 1.56 bits per heavy atom. The number of ether oxygens (including phenoxy) is 3. The largest absolute Gasteiger partial charge is 0.490 e. The summed E-state index contributed by atoms with van der Waals surface area (Å²) in [5.74, 6) is -1.03. The Hall–Kier alpha value is -5.77. The highest BCUT2D eigenvalue weighted by Crippen LogP contribution is 2.44. The molecule has 4 aromatic carbocycles. The number of benzene rings is 4. The number of carbonyl (C=O) groups excluding carboxylic acids is 3. The van der Waals surface area contributed by atoms with Gasteiger partial charge < -0.3 is 28.9 Å². The van der Waals surface area contributed by atoms with Crippen LogP contribution in [0.4, 0.5) is 13.2 Å². The molecule has 0 saturated heterocycles. The number of thiophene rings is 1. The summed E-state index contributed by atoms with van der Waals surface area (Å²) in [6, 6.07) is 17.7. The fourth-order valence-electron chi connectivity index (χ4n) is 5.69. The number of nitrogens with zero attached hydrogens (tertiary/aromatic N) is 1. The summed E-state index contributed by atoms with van der Waals surface area (Å²) in [5.41, 5.74) is 1.34. The van der Waals surface area contributed by atoms with Crippen molar-refractivity contribution in [3.63, 3.8) is 0 Å². The number of esters is 1. The Kier molecular flexibility index (Phi) is 14.6. The van der Waals surface area contributed by atoms with Gasteiger partial charge in [-0.25, -0.2) is 13.0 Å². The van der Waals surface area contributed by atoms with Gasteiger partial charge in [0, 0.05) is 35.2 Å². The number of rotatable bonds is 18. The first-order valence-electron chi connectivity index (χ1n) is 18.3. The number of aryl methyl sites for hydroxylation is 3. The molecule has 0 radical (unpaired) electrons. The Morgan fingerprint density at radius 3 is 2.23 bits per heavy atom. The molecular weight excluding hydrogens is 863 g/mol. The fourth-order valence-corrected chi connectivity index (χ4v) is 9.64. The van der Waals surface area contributed by atoms with E-state index in [2.05, 4.69) is 5.32 Å². The van der Waals surface area contributed by atoms with Crippen LogP contribution >= 0.6 is 18.9 Å². The number of nitriles is 1. The standard InChI is InChI=1S/C41H39F3N3O11PS2/c1-24-7-8-28(16-25(24)2)34(49)6-5-14-55-37-21-38-31(18-36(37)56-15-13-46-40(50)29-10-12-35(26(3)17-29)57-27(4)48)19-39(60-38)61(53,54)47-23-59(51,52)58-32-11-9-30(22-45)33(20-32)41(42,43)44/h7-12,16-21,47H,5-6,13-15,23H2,1-4H3,(H,46,50)(H,51,52). The molecule has 5 rings (SSSR count). The fraction of sp³-hybridized carbons (Fsp3) is 0.268. The summed E-state index contributed by atoms with van der Waals surface area (Å²) >= 11 is 0.777. The van der Waals surface area contributed by atoms with Crippen LogP contribution in [0.2, 0.25) is 0 Å². The maximum atomic E-state index is 13.4. The number of halogens is 3. The minimum absolute atomic E-state index is 0.0297. The molecule has 3 N–H and O–H groups in total. The van der Waals surface area contributed by atoms with Crippen molar-refractivity contribution in [2.75, 3.05) is 26.0 Å². The van der Waals surface area contributed by atoms with E-state index < -0.39 is 58.8 Å². The quantitative estimate of drug-likeness (QED) is 0.0251. The molecule has 0 saturated carbocycles. The van der Waals surface area contributed by atoms with Crippen molar-refractivity contribution < 1.29 is 64.2 Å². The predicted octanol–water partition coefficient (Wildman–Crippen LogP) is 7.99. The number of hydrogen-bond acceptors (Lipinski definition) is 12. The van der Waals surface area contributed by atoms with E-state index in [1.807, 2.05) is 30.7 Å². The topological polar surface area (TPSA) is 207 Å². The molecule has 1 heterocycles. The first kappa shape index (κ1) is 46.3. The van der Waals surface area contributed by atoms with Gasteiger partial charge >= 0.3 is 19.7 Å². The third-order valence-corrected chi connectivity index (χ3v) is 13.2. The van der Waals surface area contributed by atoms with E-state index in [0.717, 1.165) is 34.6 Å². The lowest BCUT2D eigenvalue weighted by atomic mass is 10.0. The molecule has 61 heavy (non-hydrogen) atoms. The molecule has 0 aliphatic heterocycles. The normalized spacial score (nSPS) is 12.6. The maximum Gasteiger partial charge on any atom is 0.417 e. The molecule has 1 amide bonds. The highest BCUT2D eigenvalue weighted by Gasteiger charge is 2.35. The van der Waals surface area contributed by atoms with Crippen molar-refractivity contribution >= 4 is 56.7 Å². The van der Waals surface area contributed by atoms with Crippen molar-refractivity contribution in [1.82, 2.24) is 10.0 Å². The molecule has 0 fully saturated rings. The first-order chi connectivity index (χ1) is 28.7. The Morgan fingerprint density at radius 1 is 0.869 bits per heavy atom. The van der Waals surface area contributed by atoms with Crippen molar-refractivity contribution in [3.8, 4) is 29.1 Å². The average molecular weight is 902 g/mol. The summed E-state index contributed by atoms with van der Waals surface area (Å²) in [4.78, 5) is 47.4. The zero-order valence-corrected chi connectivity index (χ0v) is 35.6. The third kappa shape index (κ3) is 12.4. The van der Waals surface area contributed by atoms with Gasteiger partial charge in [-0.1, -0.05) is 12.1 Å². The molecule has 1 unspecified atom stereocenters. The number of amides is 1. The second-order valence-electron chi connectivity index (χ2n) is 13.6. The highest BCUT2D eigenvalue weighted by molar-refractivity contribution is 7.92. The Labute approximate surface area is 352 Å². The lowest BCUT2D eigenvalue weighted by Crippen LogP contribution is -2.28. The number of Topliss-reactive ketones (excluding diaryl/α,β-unsaturated/α-hetero) is 1. The lowest BCUT2D eigenvalue weighted by molar-refractivity contribution is -0.138. The van der Waals surface area contributed by atoms with E-state index in [9.17, 15) is 45.4 Å². The Bertz CT molecular complexity index is 2700. The number of alkyl halides is 3. The molecule has 20 heteroatoms. The van der Waals surface area contributed by atoms with Crippen molar-refractivity contribution in [3.05, 3.63) is 112 Å². The van der Waals surface area contributed by atoms with Crippen LogP contribution in [0, 0.1) is 32.1 Å². The number of fused-ring (bicyclic) bond motifs is 1. The summed E-state index contributed by atoms with van der Waals surface area (Å²) in [7, 11) is -9.43. The van der Waals surface area contributed by atoms with Crippen LogP contribution in [-0.2, 0) is 25.6 Å². The Balaban J connectivity index is 1.29. The van der Waals surface area contributed by atoms with Crippen LogP contribution in [0.5, 0.6) is 23.0 Å². The van der Waals surface area contributed by atoms with E-state index in [4.69, 9.17) is 24.0 Å². The van der Waals surface area contributed by atoms with E-state index in [0.29, 0.717) is 45.0 Å². The van der Waals surface area contributed by atoms with Gasteiger partial charge in [0.05, 0.1) is 30.3 Å². The van der Waals surface area contributed by atoms with Crippen LogP contribution in [-0.4, -0.2) is 57.0 Å². The number of hydrogen-bond donors (Lipinski definition) is 3. The van der Waals surface area contributed by atoms with E-state index in [1.165, 1.54) is 43.3 Å². The van der Waals surface area contributed by atoms with Gasteiger partial charge in [-0.05, 0) is 104 Å². The molecular formula is C41H39F3N3O11PS2. The third-order valence-electron chi connectivity index (χ3n) is 8.91. The molecule has 0 bridgehead atoms. The minimum Gasteiger partial charge on any atom is -0.490 e. The van der Waals surface area contributed by atoms with Gasteiger partial charge in [-0.15, -0.1) is 11.3 Å². The van der Waals surface area contributed by atoms with Gasteiger partial charge in [0.1, 0.15) is 28.6 Å². The molecule has 0 spiro atoms. The second-order valence-corrected chi connectivity index (χ2v) is 18.5. The van der Waals surface area contributed by atoms with Gasteiger partial charge in [0.2, 0.25) is 0 Å². The molecule has 5 aromatic rings. The van der Waals surface area contributed by atoms with Crippen LogP contribution in [0.1, 0.15) is 68.3 Å². The van der Waals surface area contributed by atoms with Crippen molar-refractivity contribution in [2.45, 2.75) is 50.9 Å². The lowest BCUT2D eigenvalue weighted by Gasteiger charge is -2.16. The van der Waals surface area contributed by atoms with E-state index in [-0.39, 0.29) is 47.7 Å². The molecule has 1 aromatic heterocycles. The minimum atomic E-state index is -4.97. The van der Waals surface area contributed by atoms with Gasteiger partial charge in [-0.3, -0.25) is 14.4 Å². The van der Waals surface area contributed by atoms with Crippen LogP contribution in [0.15, 0.2) is 77.0 Å². The zero-order valence-electron chi connectivity index (χ0n) is 33.0. The van der Waals surface area contributed by atoms with Crippen molar-refractivity contribution in [2.24, 2.45) is 0 Å². The van der Waals surface area contributed by atoms with Crippen LogP contribution < -0.4 is 28.8 Å². The summed E-state index contributed by atoms with van der Waals surface area (Å²) < 4.78 is 104. The molecule has 322 valence electrons. The van der Waals surface area contributed by atoms with Crippen LogP contribution in [0.3, 0.4) is 0 Å². The van der Waals surface area contributed by atoms with E-state index >= 15 is 0 Å². The molecule has 14 nitrogen and oxygen atoms in total. The maximum absolute atomic E-state index is 13.4. The second kappa shape index (κ2) is 19.3. The zero-order chi connectivity index (χ0) is 44.7. The average Bonchev–Trinajstić information content (AvgIpc) is 3.62. The van der Waals surface area contributed by atoms with Crippen molar-refractivity contribution in [1.29, 1.82) is 5.26 Å². The van der Waals surface area contributed by atoms with Gasteiger partial charge in [0.25, 0.3) is 15.9 Å². The van der Waals surface area contributed by atoms with Gasteiger partial charge in [0.15, 0.2) is 17.3 Å². The molecule has 0 aliphatic rings. The number of ketones is 1.